The first kappa shape index (κ1) is 12.1. The summed E-state index contributed by atoms with van der Waals surface area (Å²) in [6, 6.07) is 2.66. The number of aliphatic hydroxyl groups is 1. The van der Waals surface area contributed by atoms with E-state index < -0.39 is 22.3 Å². The summed E-state index contributed by atoms with van der Waals surface area (Å²) in [7, 11) is 0. The van der Waals surface area contributed by atoms with Gasteiger partial charge in [-0.15, -0.1) is 0 Å². The Bertz CT molecular complexity index is 422. The molecule has 0 saturated heterocycles. The minimum absolute atomic E-state index is 0.0205. The van der Waals surface area contributed by atoms with Gasteiger partial charge in [-0.05, 0) is 12.1 Å². The van der Waals surface area contributed by atoms with E-state index in [1.165, 1.54) is 0 Å². The molecule has 0 saturated carbocycles. The van der Waals surface area contributed by atoms with Gasteiger partial charge in [-0.3, -0.25) is 14.9 Å². The molecule has 1 aromatic rings. The first-order chi connectivity index (χ1) is 7.56. The van der Waals surface area contributed by atoms with E-state index in [0.717, 1.165) is 12.1 Å². The Kier molecular flexibility index (Phi) is 3.90. The van der Waals surface area contributed by atoms with Gasteiger partial charge in [-0.25, -0.2) is 4.39 Å². The maximum absolute atomic E-state index is 12.7. The van der Waals surface area contributed by atoms with Gasteiger partial charge >= 0.3 is 0 Å². The summed E-state index contributed by atoms with van der Waals surface area (Å²) < 4.78 is 12.7. The van der Waals surface area contributed by atoms with Gasteiger partial charge < -0.3 is 10.4 Å². The number of halogens is 1. The van der Waals surface area contributed by atoms with Crippen LogP contribution in [0, 0.1) is 15.9 Å². The Morgan fingerprint density at radius 2 is 2.25 bits per heavy atom. The van der Waals surface area contributed by atoms with Crippen LogP contribution in [-0.4, -0.2) is 29.1 Å². The van der Waals surface area contributed by atoms with Crippen LogP contribution in [0.15, 0.2) is 18.2 Å². The number of nitrogens with one attached hydrogen (secondary N) is 1. The molecule has 0 radical (unpaired) electrons. The van der Waals surface area contributed by atoms with Gasteiger partial charge in [0.25, 0.3) is 11.6 Å². The van der Waals surface area contributed by atoms with Gasteiger partial charge in [-0.2, -0.15) is 0 Å². The maximum atomic E-state index is 12.7. The molecule has 0 atom stereocenters. The molecule has 16 heavy (non-hydrogen) atoms. The quantitative estimate of drug-likeness (QED) is 0.578. The Hall–Kier alpha value is -2.02. The number of rotatable bonds is 4. The molecule has 0 spiro atoms. The van der Waals surface area contributed by atoms with Crippen LogP contribution in [-0.2, 0) is 0 Å². The molecule has 0 aromatic heterocycles. The fraction of sp³-hybridized carbons (Fsp3) is 0.222. The summed E-state index contributed by atoms with van der Waals surface area (Å²) in [5.74, 6) is -1.51. The topological polar surface area (TPSA) is 92.5 Å². The van der Waals surface area contributed by atoms with Crippen molar-refractivity contribution in [2.45, 2.75) is 0 Å². The lowest BCUT2D eigenvalue weighted by molar-refractivity contribution is -0.385. The molecule has 7 heteroatoms. The lowest BCUT2D eigenvalue weighted by Gasteiger charge is -2.03. The second kappa shape index (κ2) is 5.17. The summed E-state index contributed by atoms with van der Waals surface area (Å²) in [5, 5.41) is 21.3. The molecule has 0 aliphatic rings. The highest BCUT2D eigenvalue weighted by molar-refractivity contribution is 5.98. The highest BCUT2D eigenvalue weighted by Crippen LogP contribution is 2.19. The number of nitro groups is 1. The number of benzene rings is 1. The fourth-order valence-corrected chi connectivity index (χ4v) is 1.11. The molecule has 0 fully saturated rings. The van der Waals surface area contributed by atoms with E-state index >= 15 is 0 Å². The van der Waals surface area contributed by atoms with Gasteiger partial charge in [0.1, 0.15) is 11.4 Å². The summed E-state index contributed by atoms with van der Waals surface area (Å²) in [5.41, 5.74) is -0.838. The zero-order chi connectivity index (χ0) is 12.1. The van der Waals surface area contributed by atoms with Gasteiger partial charge in [-0.1, -0.05) is 0 Å². The Morgan fingerprint density at radius 1 is 1.56 bits per heavy atom. The third kappa shape index (κ3) is 2.74. The Morgan fingerprint density at radius 3 is 2.81 bits per heavy atom. The van der Waals surface area contributed by atoms with Crippen LogP contribution < -0.4 is 5.32 Å². The molecule has 86 valence electrons. The summed E-state index contributed by atoms with van der Waals surface area (Å²) in [4.78, 5) is 21.1. The van der Waals surface area contributed by atoms with Gasteiger partial charge in [0.15, 0.2) is 0 Å². The van der Waals surface area contributed by atoms with Crippen LogP contribution >= 0.6 is 0 Å². The average Bonchev–Trinajstić information content (AvgIpc) is 2.25. The number of carbonyl (C=O) groups excluding carboxylic acids is 1. The third-order valence-corrected chi connectivity index (χ3v) is 1.80. The number of aliphatic hydroxyl groups excluding tert-OH is 1. The number of amides is 1. The number of hydrogen-bond acceptors (Lipinski definition) is 4. The van der Waals surface area contributed by atoms with Crippen molar-refractivity contribution in [3.05, 3.63) is 39.7 Å². The molecule has 1 aromatic carbocycles. The van der Waals surface area contributed by atoms with E-state index in [9.17, 15) is 19.3 Å². The van der Waals surface area contributed by atoms with Crippen LogP contribution in [0.5, 0.6) is 0 Å². The minimum Gasteiger partial charge on any atom is -0.395 e. The van der Waals surface area contributed by atoms with Crippen molar-refractivity contribution in [1.82, 2.24) is 5.32 Å². The van der Waals surface area contributed by atoms with Crippen LogP contribution in [0.4, 0.5) is 10.1 Å². The lowest BCUT2D eigenvalue weighted by Crippen LogP contribution is -2.27. The van der Waals surface area contributed by atoms with Crippen LogP contribution in [0.2, 0.25) is 0 Å². The van der Waals surface area contributed by atoms with Crippen molar-refractivity contribution in [3.63, 3.8) is 0 Å². The van der Waals surface area contributed by atoms with Crippen molar-refractivity contribution < 1.29 is 19.2 Å². The van der Waals surface area contributed by atoms with Crippen LogP contribution in [0.1, 0.15) is 10.4 Å². The summed E-state index contributed by atoms with van der Waals surface area (Å²) in [6.07, 6.45) is 0. The molecule has 0 bridgehead atoms. The van der Waals surface area contributed by atoms with E-state index in [-0.39, 0.29) is 18.7 Å². The van der Waals surface area contributed by atoms with Crippen molar-refractivity contribution in [2.24, 2.45) is 0 Å². The minimum atomic E-state index is -0.836. The fourth-order valence-electron chi connectivity index (χ4n) is 1.11. The molecule has 1 rings (SSSR count). The number of carbonyl (C=O) groups is 1. The molecular weight excluding hydrogens is 219 g/mol. The lowest BCUT2D eigenvalue weighted by atomic mass is 10.1. The van der Waals surface area contributed by atoms with E-state index in [1.807, 2.05) is 0 Å². The van der Waals surface area contributed by atoms with Gasteiger partial charge in [0.05, 0.1) is 17.6 Å². The predicted molar refractivity (Wildman–Crippen MR) is 52.5 cm³/mol. The molecule has 2 N–H and O–H groups in total. The normalized spacial score (nSPS) is 9.88. The number of nitro benzene ring substituents is 1. The second-order valence-electron chi connectivity index (χ2n) is 2.90. The second-order valence-corrected chi connectivity index (χ2v) is 2.90. The van der Waals surface area contributed by atoms with E-state index in [4.69, 9.17) is 5.11 Å². The zero-order valence-electron chi connectivity index (χ0n) is 8.14. The molecule has 0 heterocycles. The van der Waals surface area contributed by atoms with Crippen LogP contribution in [0.3, 0.4) is 0 Å². The van der Waals surface area contributed by atoms with Crippen molar-refractivity contribution in [3.8, 4) is 0 Å². The Labute approximate surface area is 89.9 Å². The molecule has 1 amide bonds. The van der Waals surface area contributed by atoms with E-state index in [1.54, 1.807) is 0 Å². The first-order valence-electron chi connectivity index (χ1n) is 4.39. The molecule has 0 unspecified atom stereocenters. The average molecular weight is 228 g/mol. The molecular formula is C9H9FN2O4. The predicted octanol–water partition coefficient (Wildman–Crippen LogP) is 0.456. The maximum Gasteiger partial charge on any atom is 0.285 e. The monoisotopic (exact) mass is 228 g/mol. The zero-order valence-corrected chi connectivity index (χ0v) is 8.14. The van der Waals surface area contributed by atoms with Crippen molar-refractivity contribution >= 4 is 11.6 Å². The van der Waals surface area contributed by atoms with E-state index in [2.05, 4.69) is 5.32 Å². The van der Waals surface area contributed by atoms with E-state index in [0.29, 0.717) is 6.07 Å². The molecule has 0 aliphatic heterocycles. The molecule has 6 nitrogen and oxygen atoms in total. The van der Waals surface area contributed by atoms with Gasteiger partial charge in [0.2, 0.25) is 0 Å². The van der Waals surface area contributed by atoms with Gasteiger partial charge in [0, 0.05) is 6.54 Å². The number of nitrogens with zero attached hydrogens (tertiary/aromatic N) is 1. The largest absolute Gasteiger partial charge is 0.395 e. The highest BCUT2D eigenvalue weighted by Gasteiger charge is 2.20. The molecule has 0 aliphatic carbocycles. The Balaban J connectivity index is 3.03. The highest BCUT2D eigenvalue weighted by atomic mass is 19.1. The number of hydrogen-bond donors (Lipinski definition) is 2. The van der Waals surface area contributed by atoms with Crippen molar-refractivity contribution in [2.75, 3.05) is 13.2 Å². The summed E-state index contributed by atoms with van der Waals surface area (Å²) in [6.45, 7) is -0.298. The smallest absolute Gasteiger partial charge is 0.285 e. The van der Waals surface area contributed by atoms with Crippen molar-refractivity contribution in [1.29, 1.82) is 0 Å². The SMILES string of the molecule is O=C(NCCO)c1ccc(F)cc1[N+](=O)[O-]. The summed E-state index contributed by atoms with van der Waals surface area (Å²) >= 11 is 0. The first-order valence-corrected chi connectivity index (χ1v) is 4.39. The van der Waals surface area contributed by atoms with Crippen LogP contribution in [0.25, 0.3) is 0 Å². The third-order valence-electron chi connectivity index (χ3n) is 1.80. The standard InChI is InChI=1S/C9H9FN2O4/c10-6-1-2-7(8(5-6)12(15)16)9(14)11-3-4-13/h1-2,5,13H,3-4H2,(H,11,14).